The Morgan fingerprint density at radius 1 is 0.652 bits per heavy atom. The van der Waals surface area contributed by atoms with Crippen LogP contribution in [0.4, 0.5) is 0 Å². The molecule has 0 atom stereocenters. The highest BCUT2D eigenvalue weighted by Crippen LogP contribution is 2.34. The van der Waals surface area contributed by atoms with E-state index in [1.165, 1.54) is 27.9 Å². The van der Waals surface area contributed by atoms with Crippen LogP contribution in [-0.4, -0.2) is 0 Å². The molecule has 0 nitrogen and oxygen atoms in total. The summed E-state index contributed by atoms with van der Waals surface area (Å²) >= 11 is 0. The van der Waals surface area contributed by atoms with Gasteiger partial charge in [0.15, 0.2) is 0 Å². The van der Waals surface area contributed by atoms with Gasteiger partial charge in [-0.1, -0.05) is 98.3 Å². The second-order valence-corrected chi connectivity index (χ2v) is 7.57. The molecule has 0 N–H and O–H groups in total. The van der Waals surface area contributed by atoms with E-state index in [4.69, 9.17) is 0 Å². The van der Waals surface area contributed by atoms with Crippen LogP contribution in [0.5, 0.6) is 0 Å². The van der Waals surface area contributed by atoms with Crippen LogP contribution >= 0.6 is 20.3 Å². The molecule has 0 fully saturated rings. The van der Waals surface area contributed by atoms with Crippen molar-refractivity contribution in [3.05, 3.63) is 90.5 Å². The summed E-state index contributed by atoms with van der Waals surface area (Å²) in [5.74, 6) is 0. The van der Waals surface area contributed by atoms with Gasteiger partial charge < -0.3 is 0 Å². The molecule has 0 saturated carbocycles. The van der Waals surface area contributed by atoms with E-state index in [0.29, 0.717) is 0 Å². The molecule has 0 aromatic heterocycles. The normalized spacial score (nSPS) is 10.3. The first-order valence-electron chi connectivity index (χ1n) is 7.88. The van der Waals surface area contributed by atoms with Crippen molar-refractivity contribution >= 4 is 36.2 Å². The SMILES string of the molecule is CCCc1ccccc1P(c1ccccc1)c1ccccc1.Cl. The Bertz CT molecular complexity index is 671. The number of aryl methyl sites for hydroxylation is 1. The molecule has 0 amide bonds. The predicted octanol–water partition coefficient (Wildman–Crippen LogP) is 4.82. The number of rotatable bonds is 5. The zero-order valence-electron chi connectivity index (χ0n) is 13.4. The molecule has 0 bridgehead atoms. The lowest BCUT2D eigenvalue weighted by molar-refractivity contribution is 0.927. The molecule has 23 heavy (non-hydrogen) atoms. The second-order valence-electron chi connectivity index (χ2n) is 5.39. The van der Waals surface area contributed by atoms with Gasteiger partial charge in [0.05, 0.1) is 0 Å². The van der Waals surface area contributed by atoms with Gasteiger partial charge in [0, 0.05) is 0 Å². The topological polar surface area (TPSA) is 0 Å². The average molecular weight is 341 g/mol. The lowest BCUT2D eigenvalue weighted by atomic mass is 10.1. The third kappa shape index (κ3) is 4.22. The molecule has 3 aromatic rings. The summed E-state index contributed by atoms with van der Waals surface area (Å²) in [4.78, 5) is 0. The molecule has 0 aliphatic rings. The van der Waals surface area contributed by atoms with Crippen LogP contribution in [0.25, 0.3) is 0 Å². The second kappa shape index (κ2) is 8.87. The van der Waals surface area contributed by atoms with Gasteiger partial charge in [-0.15, -0.1) is 12.4 Å². The van der Waals surface area contributed by atoms with Crippen molar-refractivity contribution in [1.82, 2.24) is 0 Å². The van der Waals surface area contributed by atoms with Gasteiger partial charge in [-0.25, -0.2) is 0 Å². The Balaban J connectivity index is 0.00000192. The molecule has 3 aromatic carbocycles. The van der Waals surface area contributed by atoms with E-state index >= 15 is 0 Å². The molecule has 0 aliphatic heterocycles. The molecule has 0 spiro atoms. The summed E-state index contributed by atoms with van der Waals surface area (Å²) in [6.07, 6.45) is 2.33. The number of benzene rings is 3. The Morgan fingerprint density at radius 2 is 1.13 bits per heavy atom. The smallest absolute Gasteiger partial charge is 0.0119 e. The molecule has 0 radical (unpaired) electrons. The van der Waals surface area contributed by atoms with Crippen molar-refractivity contribution in [3.63, 3.8) is 0 Å². The fourth-order valence-electron chi connectivity index (χ4n) is 2.79. The molecule has 0 saturated heterocycles. The van der Waals surface area contributed by atoms with Crippen molar-refractivity contribution in [2.24, 2.45) is 0 Å². The summed E-state index contributed by atoms with van der Waals surface area (Å²) in [6, 6.07) is 30.8. The van der Waals surface area contributed by atoms with Gasteiger partial charge in [-0.3, -0.25) is 0 Å². The summed E-state index contributed by atoms with van der Waals surface area (Å²) < 4.78 is 0. The monoisotopic (exact) mass is 340 g/mol. The minimum absolute atomic E-state index is 0. The maximum absolute atomic E-state index is 2.32. The third-order valence-corrected chi connectivity index (χ3v) is 6.33. The largest absolute Gasteiger partial charge is 0.147 e. The summed E-state index contributed by atoms with van der Waals surface area (Å²) in [5.41, 5.74) is 1.49. The fraction of sp³-hybridized carbons (Fsp3) is 0.143. The third-order valence-electron chi connectivity index (χ3n) is 3.78. The van der Waals surface area contributed by atoms with E-state index in [0.717, 1.165) is 6.42 Å². The first-order chi connectivity index (χ1) is 10.9. The zero-order chi connectivity index (χ0) is 15.2. The molecule has 118 valence electrons. The van der Waals surface area contributed by atoms with Crippen molar-refractivity contribution in [2.75, 3.05) is 0 Å². The number of hydrogen-bond donors (Lipinski definition) is 0. The highest BCUT2D eigenvalue weighted by atomic mass is 35.5. The van der Waals surface area contributed by atoms with Gasteiger partial charge >= 0.3 is 0 Å². The van der Waals surface area contributed by atoms with Crippen LogP contribution in [0.2, 0.25) is 0 Å². The van der Waals surface area contributed by atoms with E-state index in [1.54, 1.807) is 0 Å². The molecular formula is C21H22ClP. The van der Waals surface area contributed by atoms with E-state index in [2.05, 4.69) is 91.9 Å². The highest BCUT2D eigenvalue weighted by molar-refractivity contribution is 7.79. The first-order valence-corrected chi connectivity index (χ1v) is 9.22. The van der Waals surface area contributed by atoms with Crippen LogP contribution < -0.4 is 15.9 Å². The standard InChI is InChI=1S/C21H21P.ClH/c1-2-11-18-12-9-10-17-21(18)22(19-13-5-3-6-14-19)20-15-7-4-8-16-20;/h3-10,12-17H,2,11H2,1H3;1H. The van der Waals surface area contributed by atoms with Crippen LogP contribution in [0, 0.1) is 0 Å². The lowest BCUT2D eigenvalue weighted by Gasteiger charge is -2.22. The molecular weight excluding hydrogens is 319 g/mol. The Kier molecular flexibility index (Phi) is 6.84. The van der Waals surface area contributed by atoms with Crippen molar-refractivity contribution in [3.8, 4) is 0 Å². The van der Waals surface area contributed by atoms with Crippen molar-refractivity contribution in [1.29, 1.82) is 0 Å². The summed E-state index contributed by atoms with van der Waals surface area (Å²) in [6.45, 7) is 2.25. The molecule has 0 heterocycles. The minimum atomic E-state index is -0.478. The van der Waals surface area contributed by atoms with Crippen LogP contribution in [0.3, 0.4) is 0 Å². The molecule has 2 heteroatoms. The van der Waals surface area contributed by atoms with Gasteiger partial charge in [-0.2, -0.15) is 0 Å². The number of halogens is 1. The molecule has 3 rings (SSSR count). The van der Waals surface area contributed by atoms with Gasteiger partial charge in [0.1, 0.15) is 0 Å². The highest BCUT2D eigenvalue weighted by Gasteiger charge is 2.18. The Labute approximate surface area is 146 Å². The summed E-state index contributed by atoms with van der Waals surface area (Å²) in [5, 5.41) is 4.34. The van der Waals surface area contributed by atoms with Crippen LogP contribution in [0.15, 0.2) is 84.9 Å². The Morgan fingerprint density at radius 3 is 1.65 bits per heavy atom. The minimum Gasteiger partial charge on any atom is -0.147 e. The molecule has 0 unspecified atom stereocenters. The molecule has 0 aliphatic carbocycles. The quantitative estimate of drug-likeness (QED) is 0.584. The van der Waals surface area contributed by atoms with Crippen LogP contribution in [0.1, 0.15) is 18.9 Å². The van der Waals surface area contributed by atoms with Crippen molar-refractivity contribution in [2.45, 2.75) is 19.8 Å². The fourth-order valence-corrected chi connectivity index (χ4v) is 5.29. The van der Waals surface area contributed by atoms with E-state index in [1.807, 2.05) is 0 Å². The number of hydrogen-bond acceptors (Lipinski definition) is 0. The zero-order valence-corrected chi connectivity index (χ0v) is 15.1. The van der Waals surface area contributed by atoms with E-state index < -0.39 is 7.92 Å². The van der Waals surface area contributed by atoms with E-state index in [-0.39, 0.29) is 12.4 Å². The van der Waals surface area contributed by atoms with Crippen molar-refractivity contribution < 1.29 is 0 Å². The van der Waals surface area contributed by atoms with Gasteiger partial charge in [0.2, 0.25) is 0 Å². The predicted molar refractivity (Wildman–Crippen MR) is 106 cm³/mol. The maximum Gasteiger partial charge on any atom is -0.0119 e. The van der Waals surface area contributed by atoms with Gasteiger partial charge in [-0.05, 0) is 35.8 Å². The van der Waals surface area contributed by atoms with Gasteiger partial charge in [0.25, 0.3) is 0 Å². The van der Waals surface area contributed by atoms with Crippen LogP contribution in [-0.2, 0) is 6.42 Å². The lowest BCUT2D eigenvalue weighted by Crippen LogP contribution is -2.23. The average Bonchev–Trinajstić information content (AvgIpc) is 2.59. The maximum atomic E-state index is 2.32. The Hall–Kier alpha value is -1.62. The summed E-state index contributed by atoms with van der Waals surface area (Å²) in [7, 11) is -0.478. The first kappa shape index (κ1) is 17.7. The van der Waals surface area contributed by atoms with E-state index in [9.17, 15) is 0 Å².